The molecule has 0 aromatic carbocycles. The smallest absolute Gasteiger partial charge is 0.296 e. The maximum absolute atomic E-state index is 14.4. The van der Waals surface area contributed by atoms with Crippen LogP contribution in [-0.2, 0) is 24.8 Å². The molecule has 4 heterocycles. The second-order valence-corrected chi connectivity index (χ2v) is 12.6. The van der Waals surface area contributed by atoms with Crippen molar-refractivity contribution in [3.05, 3.63) is 42.1 Å². The van der Waals surface area contributed by atoms with Gasteiger partial charge in [0.2, 0.25) is 11.7 Å². The van der Waals surface area contributed by atoms with Crippen LogP contribution in [0.15, 0.2) is 35.7 Å². The number of hydrogen-bond acceptors (Lipinski definition) is 11. The maximum Gasteiger partial charge on any atom is 0.296 e. The van der Waals surface area contributed by atoms with E-state index in [4.69, 9.17) is 5.73 Å². The Balaban J connectivity index is 1.50. The normalized spacial score (nSPS) is 19.8. The van der Waals surface area contributed by atoms with Crippen LogP contribution in [0.1, 0.15) is 87.9 Å². The molecule has 1 aliphatic carbocycles. The van der Waals surface area contributed by atoms with Crippen LogP contribution >= 0.6 is 0 Å². The Morgan fingerprint density at radius 3 is 2.53 bits per heavy atom. The molecule has 2 aliphatic rings. The Hall–Kier alpha value is -4.99. The first kappa shape index (κ1) is 33.4. The number of hydrogen-bond donors (Lipinski definition) is 3. The van der Waals surface area contributed by atoms with Gasteiger partial charge in [-0.15, -0.1) is 5.10 Å². The van der Waals surface area contributed by atoms with Crippen molar-refractivity contribution in [2.45, 2.75) is 89.4 Å². The van der Waals surface area contributed by atoms with E-state index < -0.39 is 53.1 Å². The first-order valence-corrected chi connectivity index (χ1v) is 15.6. The van der Waals surface area contributed by atoms with E-state index in [9.17, 15) is 29.1 Å². The zero-order chi connectivity index (χ0) is 33.9. The van der Waals surface area contributed by atoms with Crippen molar-refractivity contribution in [1.82, 2.24) is 40.2 Å². The molecule has 47 heavy (non-hydrogen) atoms. The predicted octanol–water partition coefficient (Wildman–Crippen LogP) is 0.797. The summed E-state index contributed by atoms with van der Waals surface area (Å²) in [6.45, 7) is 4.41. The lowest BCUT2D eigenvalue weighted by atomic mass is 9.85. The van der Waals surface area contributed by atoms with Crippen LogP contribution in [0.2, 0.25) is 0 Å². The van der Waals surface area contributed by atoms with Crippen molar-refractivity contribution >= 4 is 46.3 Å². The average molecular weight is 647 g/mol. The topological polar surface area (TPSA) is 229 Å². The number of primary amides is 1. The SMILES string of the molecule is CC(NC(=O)[C@@H]1C[C@H](n2nncc2C(C)(C)O)CN1C(=O)C(CC1CCCCC1)=NC(=O)c1ccc2nccnc2n1)C(=O)C(N)=O. The summed E-state index contributed by atoms with van der Waals surface area (Å²) >= 11 is 0. The van der Waals surface area contributed by atoms with Crippen molar-refractivity contribution in [3.8, 4) is 0 Å². The summed E-state index contributed by atoms with van der Waals surface area (Å²) in [6.07, 6.45) is 9.39. The summed E-state index contributed by atoms with van der Waals surface area (Å²) in [4.78, 5) is 83.4. The van der Waals surface area contributed by atoms with Gasteiger partial charge in [0.05, 0.1) is 24.0 Å². The minimum Gasteiger partial charge on any atom is -0.384 e. The molecular formula is C31H38N10O6. The van der Waals surface area contributed by atoms with Gasteiger partial charge in [-0.05, 0) is 45.2 Å². The third kappa shape index (κ3) is 7.53. The summed E-state index contributed by atoms with van der Waals surface area (Å²) in [5.74, 6) is -4.18. The molecule has 3 aromatic rings. The highest BCUT2D eigenvalue weighted by molar-refractivity contribution is 6.41. The summed E-state index contributed by atoms with van der Waals surface area (Å²) in [5.41, 5.74) is 4.87. The minimum absolute atomic E-state index is 0.0169. The zero-order valence-corrected chi connectivity index (χ0v) is 26.5. The molecule has 5 rings (SSSR count). The minimum atomic E-state index is -1.33. The molecule has 0 radical (unpaired) electrons. The van der Waals surface area contributed by atoms with Gasteiger partial charge >= 0.3 is 0 Å². The Bertz CT molecular complexity index is 1720. The van der Waals surface area contributed by atoms with Crippen LogP contribution in [0.3, 0.4) is 0 Å². The van der Waals surface area contributed by atoms with Gasteiger partial charge < -0.3 is 21.1 Å². The molecule has 0 bridgehead atoms. The summed E-state index contributed by atoms with van der Waals surface area (Å²) in [6, 6.07) is 0.0731. The van der Waals surface area contributed by atoms with Gasteiger partial charge in [-0.2, -0.15) is 0 Å². The predicted molar refractivity (Wildman–Crippen MR) is 167 cm³/mol. The molecule has 3 aromatic heterocycles. The van der Waals surface area contributed by atoms with Crippen molar-refractivity contribution in [1.29, 1.82) is 0 Å². The molecule has 1 unspecified atom stereocenters. The molecule has 4 N–H and O–H groups in total. The van der Waals surface area contributed by atoms with Crippen LogP contribution < -0.4 is 11.1 Å². The number of ketones is 1. The number of carbonyl (C=O) groups excluding carboxylic acids is 5. The van der Waals surface area contributed by atoms with E-state index >= 15 is 0 Å². The molecule has 2 fully saturated rings. The number of aliphatic imine (C=N–C) groups is 1. The van der Waals surface area contributed by atoms with Crippen LogP contribution in [0.25, 0.3) is 11.2 Å². The maximum atomic E-state index is 14.4. The fraction of sp³-hybridized carbons (Fsp3) is 0.516. The molecule has 1 saturated heterocycles. The highest BCUT2D eigenvalue weighted by Crippen LogP contribution is 2.33. The second-order valence-electron chi connectivity index (χ2n) is 12.6. The number of Topliss-reactive ketones (excluding diaryl/α,β-unsaturated/α-hetero) is 1. The first-order valence-electron chi connectivity index (χ1n) is 15.6. The van der Waals surface area contributed by atoms with E-state index in [0.29, 0.717) is 11.2 Å². The Morgan fingerprint density at radius 2 is 1.83 bits per heavy atom. The highest BCUT2D eigenvalue weighted by atomic mass is 16.3. The molecule has 1 saturated carbocycles. The van der Waals surface area contributed by atoms with Crippen LogP contribution in [0, 0.1) is 5.92 Å². The lowest BCUT2D eigenvalue weighted by molar-refractivity contribution is -0.139. The van der Waals surface area contributed by atoms with E-state index in [1.165, 1.54) is 41.2 Å². The molecule has 16 heteroatoms. The Morgan fingerprint density at radius 1 is 1.11 bits per heavy atom. The molecular weight excluding hydrogens is 608 g/mol. The Labute approximate surface area is 270 Å². The van der Waals surface area contributed by atoms with Crippen molar-refractivity contribution in [3.63, 3.8) is 0 Å². The van der Waals surface area contributed by atoms with E-state index in [1.54, 1.807) is 19.9 Å². The number of aromatic nitrogens is 6. The standard InChI is InChI=1S/C31H38N10O6/c1-17(25(42)26(32)43)36-29(45)23-14-19(41-24(15-35-39-41)31(2,3)47)16-40(23)30(46)22(13-18-7-5-4-6-8-18)38-28(44)21-10-9-20-27(37-21)34-12-11-33-20/h9-12,15,17-19,23,47H,4-8,13-14,16H2,1-3H3,(H2,32,43)(H,36,45)/t17?,19-,23-/m0/s1. The van der Waals surface area contributed by atoms with Gasteiger partial charge in [0, 0.05) is 25.4 Å². The molecule has 4 amide bonds. The van der Waals surface area contributed by atoms with E-state index in [0.717, 1.165) is 32.1 Å². The number of nitrogens with two attached hydrogens (primary N) is 1. The van der Waals surface area contributed by atoms with Gasteiger partial charge in [-0.1, -0.05) is 37.3 Å². The molecule has 16 nitrogen and oxygen atoms in total. The highest BCUT2D eigenvalue weighted by Gasteiger charge is 2.44. The number of aliphatic hydroxyl groups is 1. The molecule has 1 aliphatic heterocycles. The van der Waals surface area contributed by atoms with Crippen molar-refractivity contribution in [2.75, 3.05) is 6.54 Å². The quantitative estimate of drug-likeness (QED) is 0.206. The summed E-state index contributed by atoms with van der Waals surface area (Å²) < 4.78 is 1.47. The van der Waals surface area contributed by atoms with E-state index in [-0.39, 0.29) is 42.4 Å². The number of pyridine rings is 1. The average Bonchev–Trinajstić information content (AvgIpc) is 3.72. The van der Waals surface area contributed by atoms with Crippen LogP contribution in [0.5, 0.6) is 0 Å². The van der Waals surface area contributed by atoms with Crippen molar-refractivity contribution < 1.29 is 29.1 Å². The monoisotopic (exact) mass is 646 g/mol. The van der Waals surface area contributed by atoms with Crippen LogP contribution in [0.4, 0.5) is 0 Å². The number of likely N-dealkylation sites (tertiary alicyclic amines) is 1. The van der Waals surface area contributed by atoms with Gasteiger partial charge in [0.15, 0.2) is 5.65 Å². The number of rotatable bonds is 10. The largest absolute Gasteiger partial charge is 0.384 e. The molecule has 0 spiro atoms. The lowest BCUT2D eigenvalue weighted by Crippen LogP contribution is -2.52. The van der Waals surface area contributed by atoms with Gasteiger partial charge in [-0.3, -0.25) is 29.0 Å². The zero-order valence-electron chi connectivity index (χ0n) is 26.5. The van der Waals surface area contributed by atoms with Gasteiger partial charge in [-0.25, -0.2) is 19.6 Å². The first-order chi connectivity index (χ1) is 22.3. The molecule has 248 valence electrons. The number of nitrogens with zero attached hydrogens (tertiary/aromatic N) is 8. The number of amides is 4. The number of nitrogens with one attached hydrogen (secondary N) is 1. The fourth-order valence-corrected chi connectivity index (χ4v) is 6.17. The summed E-state index contributed by atoms with van der Waals surface area (Å²) in [7, 11) is 0. The molecule has 3 atom stereocenters. The number of carbonyl (C=O) groups is 5. The second kappa shape index (κ2) is 13.8. The summed E-state index contributed by atoms with van der Waals surface area (Å²) in [5, 5.41) is 21.3. The van der Waals surface area contributed by atoms with Crippen molar-refractivity contribution in [2.24, 2.45) is 16.6 Å². The number of fused-ring (bicyclic) bond motifs is 1. The Kier molecular flexibility index (Phi) is 9.79. The van der Waals surface area contributed by atoms with E-state index in [1.807, 2.05) is 0 Å². The van der Waals surface area contributed by atoms with Gasteiger partial charge in [0.25, 0.3) is 17.7 Å². The third-order valence-electron chi connectivity index (χ3n) is 8.63. The van der Waals surface area contributed by atoms with E-state index in [2.05, 4.69) is 35.6 Å². The van der Waals surface area contributed by atoms with Gasteiger partial charge in [0.1, 0.15) is 28.6 Å². The van der Waals surface area contributed by atoms with Crippen LogP contribution in [-0.4, -0.2) is 93.7 Å². The fourth-order valence-electron chi connectivity index (χ4n) is 6.17. The lowest BCUT2D eigenvalue weighted by Gasteiger charge is -2.27. The third-order valence-corrected chi connectivity index (χ3v) is 8.63.